The fourth-order valence-electron chi connectivity index (χ4n) is 2.20. The predicted octanol–water partition coefficient (Wildman–Crippen LogP) is 1.21. The van der Waals surface area contributed by atoms with Crippen molar-refractivity contribution >= 4 is 56.1 Å². The van der Waals surface area contributed by atoms with Crippen LogP contribution in [0.25, 0.3) is 6.08 Å². The van der Waals surface area contributed by atoms with Crippen LogP contribution in [0.1, 0.15) is 4.88 Å². The summed E-state index contributed by atoms with van der Waals surface area (Å²) < 4.78 is 22.6. The number of imide groups is 1. The molecule has 2 aliphatic heterocycles. The Kier molecular flexibility index (Phi) is 4.61. The summed E-state index contributed by atoms with van der Waals surface area (Å²) >= 11 is 2.21. The number of carbonyl (C=O) groups excluding carboxylic acids is 3. The van der Waals surface area contributed by atoms with Crippen LogP contribution in [0.5, 0.6) is 0 Å². The second-order valence-electron chi connectivity index (χ2n) is 5.12. The van der Waals surface area contributed by atoms with Crippen LogP contribution in [0.15, 0.2) is 33.9 Å². The second-order valence-corrected chi connectivity index (χ2v) is 9.02. The first-order valence-electron chi connectivity index (χ1n) is 6.83. The maximum absolute atomic E-state index is 12.2. The van der Waals surface area contributed by atoms with Gasteiger partial charge in [-0.05, 0) is 35.4 Å². The fraction of sp³-hybridized carbons (Fsp3) is 0.214. The number of nitrogens with zero attached hydrogens (tertiary/aromatic N) is 1. The summed E-state index contributed by atoms with van der Waals surface area (Å²) in [5.41, 5.74) is 0. The lowest BCUT2D eigenvalue weighted by Gasteiger charge is -2.14. The van der Waals surface area contributed by atoms with Gasteiger partial charge in [-0.25, -0.2) is 8.42 Å². The van der Waals surface area contributed by atoms with Gasteiger partial charge in [0.1, 0.15) is 6.54 Å². The van der Waals surface area contributed by atoms with Crippen molar-refractivity contribution in [2.24, 2.45) is 0 Å². The summed E-state index contributed by atoms with van der Waals surface area (Å²) in [5, 5.41) is 4.86. The minimum Gasteiger partial charge on any atom is -0.347 e. The standard InChI is InChI=1S/C14H12N2O5S3/c17-12(15-9-3-5-24(20,21)8-9)7-16-13(18)11(23-14(16)19)6-10-2-1-4-22-10/h1-6,9H,7-8H2,(H,15,17)/b11-6+. The Morgan fingerprint density at radius 1 is 1.42 bits per heavy atom. The maximum Gasteiger partial charge on any atom is 0.294 e. The Bertz CT molecular complexity index is 855. The molecule has 1 aromatic heterocycles. The molecule has 0 spiro atoms. The van der Waals surface area contributed by atoms with Crippen molar-refractivity contribution in [1.29, 1.82) is 0 Å². The molecule has 10 heteroatoms. The van der Waals surface area contributed by atoms with Crippen LogP contribution in [0.4, 0.5) is 4.79 Å². The third kappa shape index (κ3) is 3.77. The summed E-state index contributed by atoms with van der Waals surface area (Å²) in [4.78, 5) is 38.1. The first-order valence-corrected chi connectivity index (χ1v) is 10.2. The summed E-state index contributed by atoms with van der Waals surface area (Å²) in [5.74, 6) is -1.32. The molecule has 3 heterocycles. The van der Waals surface area contributed by atoms with Gasteiger partial charge in [-0.1, -0.05) is 6.07 Å². The molecule has 1 fully saturated rings. The molecular weight excluding hydrogens is 372 g/mol. The Morgan fingerprint density at radius 2 is 2.21 bits per heavy atom. The average molecular weight is 384 g/mol. The number of carbonyl (C=O) groups is 3. The molecule has 0 saturated carbocycles. The highest BCUT2D eigenvalue weighted by molar-refractivity contribution is 8.18. The number of hydrogen-bond donors (Lipinski definition) is 1. The van der Waals surface area contributed by atoms with Gasteiger partial charge in [0.05, 0.1) is 16.7 Å². The van der Waals surface area contributed by atoms with Gasteiger partial charge in [-0.3, -0.25) is 19.3 Å². The molecule has 1 saturated heterocycles. The Morgan fingerprint density at radius 3 is 2.83 bits per heavy atom. The molecular formula is C14H12N2O5S3. The van der Waals surface area contributed by atoms with E-state index in [0.29, 0.717) is 0 Å². The molecule has 0 aliphatic carbocycles. The number of thiophene rings is 1. The third-order valence-electron chi connectivity index (χ3n) is 3.27. The molecule has 126 valence electrons. The average Bonchev–Trinajstić information content (AvgIpc) is 3.17. The highest BCUT2D eigenvalue weighted by Crippen LogP contribution is 2.32. The fourth-order valence-corrected chi connectivity index (χ4v) is 5.00. The summed E-state index contributed by atoms with van der Waals surface area (Å²) in [7, 11) is -3.28. The Labute approximate surface area is 146 Å². The van der Waals surface area contributed by atoms with E-state index in [1.807, 2.05) is 17.5 Å². The van der Waals surface area contributed by atoms with Gasteiger partial charge in [0, 0.05) is 10.3 Å². The quantitative estimate of drug-likeness (QED) is 0.783. The second kappa shape index (κ2) is 6.54. The number of nitrogens with one attached hydrogen (secondary N) is 1. The number of rotatable bonds is 4. The van der Waals surface area contributed by atoms with Gasteiger partial charge in [-0.2, -0.15) is 0 Å². The van der Waals surface area contributed by atoms with Crippen LogP contribution in [0.3, 0.4) is 0 Å². The molecule has 1 atom stereocenters. The van der Waals surface area contributed by atoms with Crippen LogP contribution < -0.4 is 5.32 Å². The summed E-state index contributed by atoms with van der Waals surface area (Å²) in [6.07, 6.45) is 2.98. The SMILES string of the molecule is O=C(CN1C(=O)S/C(=C/c2cccs2)C1=O)NC1C=CS(=O)(=O)C1. The first kappa shape index (κ1) is 16.9. The zero-order chi connectivity index (χ0) is 17.3. The minimum absolute atomic E-state index is 0.209. The van der Waals surface area contributed by atoms with Gasteiger partial charge in [0.2, 0.25) is 5.91 Å². The van der Waals surface area contributed by atoms with E-state index in [2.05, 4.69) is 5.32 Å². The lowest BCUT2D eigenvalue weighted by Crippen LogP contribution is -2.43. The number of hydrogen-bond acceptors (Lipinski definition) is 7. The molecule has 0 radical (unpaired) electrons. The van der Waals surface area contributed by atoms with E-state index in [4.69, 9.17) is 0 Å². The van der Waals surface area contributed by atoms with Crippen LogP contribution in [-0.4, -0.2) is 48.7 Å². The van der Waals surface area contributed by atoms with Crippen molar-refractivity contribution < 1.29 is 22.8 Å². The van der Waals surface area contributed by atoms with Crippen molar-refractivity contribution in [2.45, 2.75) is 6.04 Å². The molecule has 3 amide bonds. The smallest absolute Gasteiger partial charge is 0.294 e. The lowest BCUT2D eigenvalue weighted by atomic mass is 10.3. The van der Waals surface area contributed by atoms with E-state index in [1.54, 1.807) is 6.08 Å². The largest absolute Gasteiger partial charge is 0.347 e. The number of thioether (sulfide) groups is 1. The van der Waals surface area contributed by atoms with Crippen molar-refractivity contribution in [3.63, 3.8) is 0 Å². The molecule has 1 N–H and O–H groups in total. The van der Waals surface area contributed by atoms with E-state index in [1.165, 1.54) is 17.4 Å². The first-order chi connectivity index (χ1) is 11.3. The van der Waals surface area contributed by atoms with Gasteiger partial charge in [0.15, 0.2) is 9.84 Å². The van der Waals surface area contributed by atoms with E-state index in [9.17, 15) is 22.8 Å². The van der Waals surface area contributed by atoms with Gasteiger partial charge >= 0.3 is 0 Å². The Hall–Kier alpha value is -1.91. The molecule has 0 aromatic carbocycles. The monoisotopic (exact) mass is 384 g/mol. The minimum atomic E-state index is -3.28. The molecule has 1 unspecified atom stereocenters. The van der Waals surface area contributed by atoms with Crippen molar-refractivity contribution in [1.82, 2.24) is 10.2 Å². The van der Waals surface area contributed by atoms with Crippen LogP contribution in [-0.2, 0) is 19.4 Å². The number of amides is 3. The topological polar surface area (TPSA) is 101 Å². The molecule has 24 heavy (non-hydrogen) atoms. The summed E-state index contributed by atoms with van der Waals surface area (Å²) in [6.45, 7) is -0.434. The van der Waals surface area contributed by atoms with Gasteiger partial charge in [-0.15, -0.1) is 11.3 Å². The summed E-state index contributed by atoms with van der Waals surface area (Å²) in [6, 6.07) is 3.01. The van der Waals surface area contributed by atoms with Crippen LogP contribution in [0.2, 0.25) is 0 Å². The zero-order valence-corrected chi connectivity index (χ0v) is 14.6. The molecule has 0 bridgehead atoms. The molecule has 7 nitrogen and oxygen atoms in total. The van der Waals surface area contributed by atoms with Crippen molar-refractivity contribution in [2.75, 3.05) is 12.3 Å². The maximum atomic E-state index is 12.2. The number of sulfone groups is 1. The highest BCUT2D eigenvalue weighted by atomic mass is 32.2. The van der Waals surface area contributed by atoms with Crippen LogP contribution >= 0.6 is 23.1 Å². The van der Waals surface area contributed by atoms with Gasteiger partial charge in [0.25, 0.3) is 11.1 Å². The Balaban J connectivity index is 1.63. The van der Waals surface area contributed by atoms with E-state index < -0.39 is 39.5 Å². The lowest BCUT2D eigenvalue weighted by molar-refractivity contribution is -0.129. The predicted molar refractivity (Wildman–Crippen MR) is 91.9 cm³/mol. The van der Waals surface area contributed by atoms with E-state index in [-0.39, 0.29) is 10.7 Å². The zero-order valence-electron chi connectivity index (χ0n) is 12.2. The van der Waals surface area contributed by atoms with Gasteiger partial charge < -0.3 is 5.32 Å². The molecule has 1 aromatic rings. The van der Waals surface area contributed by atoms with E-state index >= 15 is 0 Å². The molecule has 3 rings (SSSR count). The van der Waals surface area contributed by atoms with Crippen molar-refractivity contribution in [3.05, 3.63) is 38.8 Å². The van der Waals surface area contributed by atoms with Crippen molar-refractivity contribution in [3.8, 4) is 0 Å². The highest BCUT2D eigenvalue weighted by Gasteiger charge is 2.36. The van der Waals surface area contributed by atoms with Crippen LogP contribution in [0, 0.1) is 0 Å². The molecule has 2 aliphatic rings. The third-order valence-corrected chi connectivity index (χ3v) is 6.39. The normalized spacial score (nSPS) is 24.1. The van der Waals surface area contributed by atoms with E-state index in [0.717, 1.165) is 26.9 Å².